The van der Waals surface area contributed by atoms with Gasteiger partial charge in [0.15, 0.2) is 0 Å². The minimum Gasteiger partial charge on any atom is -0.356 e. The molecule has 0 bridgehead atoms. The van der Waals surface area contributed by atoms with E-state index in [1.165, 1.54) is 0 Å². The van der Waals surface area contributed by atoms with Gasteiger partial charge in [-0.25, -0.2) is 0 Å². The maximum atomic E-state index is 12.9. The Bertz CT molecular complexity index is 891. The van der Waals surface area contributed by atoms with E-state index in [9.17, 15) is 14.4 Å². The molecule has 2 N–H and O–H groups in total. The second-order valence-corrected chi connectivity index (χ2v) is 7.78. The molecule has 1 heterocycles. The van der Waals surface area contributed by atoms with Crippen molar-refractivity contribution in [3.8, 4) is 0 Å². The van der Waals surface area contributed by atoms with E-state index in [4.69, 9.17) is 0 Å². The quantitative estimate of drug-likeness (QED) is 0.768. The summed E-state index contributed by atoms with van der Waals surface area (Å²) in [5, 5.41) is 5.77. The van der Waals surface area contributed by atoms with E-state index >= 15 is 0 Å². The minimum absolute atomic E-state index is 0.0310. The van der Waals surface area contributed by atoms with Crippen molar-refractivity contribution >= 4 is 23.4 Å². The lowest BCUT2D eigenvalue weighted by Crippen LogP contribution is -2.45. The summed E-state index contributed by atoms with van der Waals surface area (Å²) in [5.41, 5.74) is 2.87. The normalized spacial score (nSPS) is 16.1. The van der Waals surface area contributed by atoms with Crippen LogP contribution in [0.2, 0.25) is 0 Å². The largest absolute Gasteiger partial charge is 0.356 e. The maximum absolute atomic E-state index is 12.9. The van der Waals surface area contributed by atoms with Crippen molar-refractivity contribution in [1.29, 1.82) is 0 Å². The average Bonchev–Trinajstić information content (AvgIpc) is 2.78. The standard InChI is InChI=1S/C24H29N3O3/c1-3-14-25-22(28)20-5-4-15-27(16-20)24(30)19-10-12-21(13-11-19)26-23(29)18-8-6-17(2)7-9-18/h6-13,20H,3-5,14-16H2,1-2H3,(H,25,28)(H,26,29)/t20-/m1/s1. The van der Waals surface area contributed by atoms with Crippen molar-refractivity contribution in [3.63, 3.8) is 0 Å². The van der Waals surface area contributed by atoms with E-state index in [-0.39, 0.29) is 23.6 Å². The fourth-order valence-corrected chi connectivity index (χ4v) is 3.56. The van der Waals surface area contributed by atoms with Crippen LogP contribution in [0.3, 0.4) is 0 Å². The van der Waals surface area contributed by atoms with Gasteiger partial charge in [-0.05, 0) is 62.6 Å². The van der Waals surface area contributed by atoms with E-state index in [1.54, 1.807) is 41.3 Å². The summed E-state index contributed by atoms with van der Waals surface area (Å²) in [6.07, 6.45) is 2.53. The third-order valence-electron chi connectivity index (χ3n) is 5.33. The first-order valence-corrected chi connectivity index (χ1v) is 10.5. The van der Waals surface area contributed by atoms with E-state index in [0.717, 1.165) is 24.8 Å². The fourth-order valence-electron chi connectivity index (χ4n) is 3.56. The summed E-state index contributed by atoms with van der Waals surface area (Å²) in [7, 11) is 0. The number of aryl methyl sites for hydroxylation is 1. The molecule has 2 aromatic carbocycles. The summed E-state index contributed by atoms with van der Waals surface area (Å²) in [6, 6.07) is 14.2. The maximum Gasteiger partial charge on any atom is 0.255 e. The third kappa shape index (κ3) is 5.47. The molecule has 6 heteroatoms. The molecule has 0 aromatic heterocycles. The smallest absolute Gasteiger partial charge is 0.255 e. The highest BCUT2D eigenvalue weighted by Gasteiger charge is 2.28. The van der Waals surface area contributed by atoms with Crippen molar-refractivity contribution < 1.29 is 14.4 Å². The van der Waals surface area contributed by atoms with Gasteiger partial charge in [0.05, 0.1) is 5.92 Å². The van der Waals surface area contributed by atoms with E-state index in [2.05, 4.69) is 10.6 Å². The first kappa shape index (κ1) is 21.6. The molecule has 0 unspecified atom stereocenters. The summed E-state index contributed by atoms with van der Waals surface area (Å²) < 4.78 is 0. The first-order valence-electron chi connectivity index (χ1n) is 10.5. The summed E-state index contributed by atoms with van der Waals surface area (Å²) in [5.74, 6) is -0.392. The number of rotatable bonds is 6. The number of nitrogens with one attached hydrogen (secondary N) is 2. The Morgan fingerprint density at radius 2 is 1.67 bits per heavy atom. The first-order chi connectivity index (χ1) is 14.5. The zero-order chi connectivity index (χ0) is 21.5. The molecule has 30 heavy (non-hydrogen) atoms. The highest BCUT2D eigenvalue weighted by Crippen LogP contribution is 2.20. The van der Waals surface area contributed by atoms with Crippen LogP contribution in [0.15, 0.2) is 48.5 Å². The molecule has 2 aromatic rings. The van der Waals surface area contributed by atoms with E-state index in [1.807, 2.05) is 26.0 Å². The molecule has 1 atom stereocenters. The van der Waals surface area contributed by atoms with Crippen LogP contribution in [0, 0.1) is 12.8 Å². The number of piperidine rings is 1. The van der Waals surface area contributed by atoms with Gasteiger partial charge in [0, 0.05) is 36.4 Å². The van der Waals surface area contributed by atoms with Crippen molar-refractivity contribution in [2.75, 3.05) is 25.0 Å². The second-order valence-electron chi connectivity index (χ2n) is 7.78. The van der Waals surface area contributed by atoms with Crippen molar-refractivity contribution in [2.45, 2.75) is 33.1 Å². The number of likely N-dealkylation sites (tertiary alicyclic amines) is 1. The van der Waals surface area contributed by atoms with Crippen molar-refractivity contribution in [3.05, 3.63) is 65.2 Å². The Morgan fingerprint density at radius 3 is 2.33 bits per heavy atom. The van der Waals surface area contributed by atoms with Crippen LogP contribution >= 0.6 is 0 Å². The molecule has 0 saturated carbocycles. The van der Waals surface area contributed by atoms with Crippen LogP contribution in [0.1, 0.15) is 52.5 Å². The number of amides is 3. The molecule has 6 nitrogen and oxygen atoms in total. The topological polar surface area (TPSA) is 78.5 Å². The van der Waals surface area contributed by atoms with Crippen LogP contribution in [-0.4, -0.2) is 42.3 Å². The number of nitrogens with zero attached hydrogens (tertiary/aromatic N) is 1. The lowest BCUT2D eigenvalue weighted by Gasteiger charge is -2.32. The fraction of sp³-hybridized carbons (Fsp3) is 0.375. The molecule has 1 aliphatic heterocycles. The van der Waals surface area contributed by atoms with Gasteiger partial charge in [-0.1, -0.05) is 24.6 Å². The Kier molecular flexibility index (Phi) is 7.22. The van der Waals surface area contributed by atoms with Crippen molar-refractivity contribution in [1.82, 2.24) is 10.2 Å². The zero-order valence-corrected chi connectivity index (χ0v) is 17.6. The molecule has 158 valence electrons. The highest BCUT2D eigenvalue weighted by atomic mass is 16.2. The molecule has 1 fully saturated rings. The predicted molar refractivity (Wildman–Crippen MR) is 118 cm³/mol. The molecule has 0 radical (unpaired) electrons. The minimum atomic E-state index is -0.189. The molecule has 3 rings (SSSR count). The molecule has 1 aliphatic rings. The van der Waals surface area contributed by atoms with Crippen LogP contribution < -0.4 is 10.6 Å². The number of carbonyl (C=O) groups excluding carboxylic acids is 3. The van der Waals surface area contributed by atoms with Crippen LogP contribution in [0.5, 0.6) is 0 Å². The Morgan fingerprint density at radius 1 is 1.00 bits per heavy atom. The zero-order valence-electron chi connectivity index (χ0n) is 17.6. The Hall–Kier alpha value is -3.15. The highest BCUT2D eigenvalue weighted by molar-refractivity contribution is 6.04. The van der Waals surface area contributed by atoms with Crippen molar-refractivity contribution in [2.24, 2.45) is 5.92 Å². The lowest BCUT2D eigenvalue weighted by molar-refractivity contribution is -0.126. The van der Waals surface area contributed by atoms with Crippen LogP contribution in [0.25, 0.3) is 0 Å². The van der Waals surface area contributed by atoms with Gasteiger partial charge in [-0.2, -0.15) is 0 Å². The predicted octanol–water partition coefficient (Wildman–Crippen LogP) is 3.63. The number of hydrogen-bond acceptors (Lipinski definition) is 3. The number of benzene rings is 2. The SMILES string of the molecule is CCCNC(=O)[C@@H]1CCCN(C(=O)c2ccc(NC(=O)c3ccc(C)cc3)cc2)C1. The molecular formula is C24H29N3O3. The molecule has 1 saturated heterocycles. The molecule has 3 amide bonds. The van der Waals surface area contributed by atoms with Gasteiger partial charge in [0.1, 0.15) is 0 Å². The lowest BCUT2D eigenvalue weighted by atomic mass is 9.96. The Balaban J connectivity index is 1.59. The summed E-state index contributed by atoms with van der Waals surface area (Å²) >= 11 is 0. The van der Waals surface area contributed by atoms with Gasteiger partial charge < -0.3 is 15.5 Å². The molecular weight excluding hydrogens is 378 g/mol. The molecule has 0 aliphatic carbocycles. The number of carbonyl (C=O) groups is 3. The van der Waals surface area contributed by atoms with Gasteiger partial charge in [-0.15, -0.1) is 0 Å². The van der Waals surface area contributed by atoms with Gasteiger partial charge in [0.25, 0.3) is 11.8 Å². The van der Waals surface area contributed by atoms with Crippen LogP contribution in [0.4, 0.5) is 5.69 Å². The average molecular weight is 408 g/mol. The van der Waals surface area contributed by atoms with Gasteiger partial charge in [0.2, 0.25) is 5.91 Å². The summed E-state index contributed by atoms with van der Waals surface area (Å²) in [4.78, 5) is 39.2. The number of anilines is 1. The third-order valence-corrected chi connectivity index (χ3v) is 5.33. The monoisotopic (exact) mass is 407 g/mol. The molecule has 0 spiro atoms. The van der Waals surface area contributed by atoms with E-state index in [0.29, 0.717) is 36.4 Å². The van der Waals surface area contributed by atoms with E-state index < -0.39 is 0 Å². The second kappa shape index (κ2) is 10.1. The van der Waals surface area contributed by atoms with Gasteiger partial charge >= 0.3 is 0 Å². The Labute approximate surface area is 177 Å². The number of hydrogen-bond donors (Lipinski definition) is 2. The van der Waals surface area contributed by atoms with Crippen LogP contribution in [-0.2, 0) is 4.79 Å². The summed E-state index contributed by atoms with van der Waals surface area (Å²) in [6.45, 7) is 5.76. The van der Waals surface area contributed by atoms with Gasteiger partial charge in [-0.3, -0.25) is 14.4 Å².